The molecule has 2 aromatic carbocycles. The zero-order valence-electron chi connectivity index (χ0n) is 16.3. The van der Waals surface area contributed by atoms with Gasteiger partial charge in [0.05, 0.1) is 6.61 Å². The molecular formula is C23H28N2O2. The van der Waals surface area contributed by atoms with Gasteiger partial charge in [0.25, 0.3) is 0 Å². The van der Waals surface area contributed by atoms with Gasteiger partial charge >= 0.3 is 0 Å². The fraction of sp³-hybridized carbons (Fsp3) is 0.348. The molecule has 142 valence electrons. The van der Waals surface area contributed by atoms with Crippen molar-refractivity contribution in [3.63, 3.8) is 0 Å². The lowest BCUT2D eigenvalue weighted by molar-refractivity contribution is -0.121. The smallest absolute Gasteiger partial charge is 0.220 e. The Morgan fingerprint density at radius 3 is 2.56 bits per heavy atom. The molecule has 0 spiro atoms. The Balaban J connectivity index is 1.95. The summed E-state index contributed by atoms with van der Waals surface area (Å²) in [7, 11) is 3.71. The Hall–Kier alpha value is -2.59. The number of nitrogens with one attached hydrogen (secondary N) is 1. The van der Waals surface area contributed by atoms with E-state index in [0.717, 1.165) is 0 Å². The summed E-state index contributed by atoms with van der Waals surface area (Å²) >= 11 is 0. The maximum absolute atomic E-state index is 12.6. The molecule has 4 heteroatoms. The van der Waals surface area contributed by atoms with Crippen LogP contribution in [0.1, 0.15) is 36.3 Å². The number of aryl methyl sites for hydroxylation is 1. The summed E-state index contributed by atoms with van der Waals surface area (Å²) in [5.41, 5.74) is 3.67. The number of carbonyl (C=O) groups is 1. The Morgan fingerprint density at radius 1 is 1.11 bits per heavy atom. The average molecular weight is 364 g/mol. The van der Waals surface area contributed by atoms with Gasteiger partial charge in [0.15, 0.2) is 0 Å². The second-order valence-electron chi connectivity index (χ2n) is 7.07. The molecule has 0 saturated carbocycles. The first-order valence-electron chi connectivity index (χ1n) is 9.46. The van der Waals surface area contributed by atoms with Crippen LogP contribution in [0.25, 0.3) is 10.9 Å². The Labute approximate surface area is 161 Å². The molecule has 0 aliphatic carbocycles. The number of benzene rings is 2. The third kappa shape index (κ3) is 4.40. The highest BCUT2D eigenvalue weighted by Crippen LogP contribution is 2.39. The van der Waals surface area contributed by atoms with Crippen molar-refractivity contribution in [2.75, 3.05) is 20.3 Å². The minimum atomic E-state index is 0.0627. The predicted octanol–water partition coefficient (Wildman–Crippen LogP) is 4.22. The number of hydrogen-bond acceptors (Lipinski definition) is 2. The number of fused-ring (bicyclic) bond motifs is 1. The Bertz CT molecular complexity index is 886. The Kier molecular flexibility index (Phi) is 6.30. The standard InChI is InChI=1S/C23H28N2O2/c1-17(18-9-5-4-6-10-18)20(15-23(26)24-13-14-27-3)21-16-25(2)22-12-8-7-11-19(21)22/h4-12,16-17,20H,13-15H2,1-3H3,(H,24,26)/t17-,20+/m0/s1. The van der Waals surface area contributed by atoms with Crippen molar-refractivity contribution in [3.05, 3.63) is 71.9 Å². The monoisotopic (exact) mass is 364 g/mol. The largest absolute Gasteiger partial charge is 0.383 e. The van der Waals surface area contributed by atoms with Gasteiger partial charge in [-0.25, -0.2) is 0 Å². The third-order valence-corrected chi connectivity index (χ3v) is 5.29. The van der Waals surface area contributed by atoms with Gasteiger partial charge in [-0.3, -0.25) is 4.79 Å². The zero-order chi connectivity index (χ0) is 19.2. The van der Waals surface area contributed by atoms with Gasteiger partial charge in [-0.15, -0.1) is 0 Å². The number of para-hydroxylation sites is 1. The van der Waals surface area contributed by atoms with Crippen LogP contribution in [0.2, 0.25) is 0 Å². The molecule has 1 N–H and O–H groups in total. The van der Waals surface area contributed by atoms with Gasteiger partial charge in [-0.1, -0.05) is 55.5 Å². The van der Waals surface area contributed by atoms with Gasteiger partial charge in [0, 0.05) is 50.1 Å². The van der Waals surface area contributed by atoms with E-state index in [-0.39, 0.29) is 17.7 Å². The molecule has 0 saturated heterocycles. The SMILES string of the molecule is COCCNC(=O)C[C@@H](c1cn(C)c2ccccc12)[C@@H](C)c1ccccc1. The summed E-state index contributed by atoms with van der Waals surface area (Å²) in [4.78, 5) is 12.6. The highest BCUT2D eigenvalue weighted by Gasteiger charge is 2.26. The molecule has 0 unspecified atom stereocenters. The molecule has 0 radical (unpaired) electrons. The van der Waals surface area contributed by atoms with Crippen molar-refractivity contribution in [1.29, 1.82) is 0 Å². The first kappa shape index (κ1) is 19.2. The zero-order valence-corrected chi connectivity index (χ0v) is 16.3. The number of nitrogens with zero attached hydrogens (tertiary/aromatic N) is 1. The topological polar surface area (TPSA) is 43.3 Å². The summed E-state index contributed by atoms with van der Waals surface area (Å²) < 4.78 is 7.19. The number of rotatable bonds is 8. The van der Waals surface area contributed by atoms with Gasteiger partial charge in [-0.05, 0) is 23.1 Å². The van der Waals surface area contributed by atoms with Gasteiger partial charge in [0.2, 0.25) is 5.91 Å². The molecule has 0 bridgehead atoms. The fourth-order valence-corrected chi connectivity index (χ4v) is 3.78. The molecule has 0 aliphatic rings. The number of methoxy groups -OCH3 is 1. The van der Waals surface area contributed by atoms with Gasteiger partial charge < -0.3 is 14.6 Å². The van der Waals surface area contributed by atoms with E-state index in [0.29, 0.717) is 19.6 Å². The van der Waals surface area contributed by atoms with Crippen molar-refractivity contribution in [2.45, 2.75) is 25.2 Å². The first-order valence-corrected chi connectivity index (χ1v) is 9.46. The summed E-state index contributed by atoms with van der Waals surface area (Å²) in [6.45, 7) is 3.28. The summed E-state index contributed by atoms with van der Waals surface area (Å²) in [5, 5.41) is 4.19. The summed E-state index contributed by atoms with van der Waals surface area (Å²) in [5.74, 6) is 0.388. The van der Waals surface area contributed by atoms with Crippen molar-refractivity contribution < 1.29 is 9.53 Å². The highest BCUT2D eigenvalue weighted by molar-refractivity contribution is 5.86. The molecule has 0 fully saturated rings. The number of ether oxygens (including phenoxy) is 1. The van der Waals surface area contributed by atoms with E-state index < -0.39 is 0 Å². The molecule has 4 nitrogen and oxygen atoms in total. The third-order valence-electron chi connectivity index (χ3n) is 5.29. The molecule has 1 amide bonds. The highest BCUT2D eigenvalue weighted by atomic mass is 16.5. The minimum Gasteiger partial charge on any atom is -0.383 e. The first-order chi connectivity index (χ1) is 13.1. The van der Waals surface area contributed by atoms with Crippen LogP contribution in [0.15, 0.2) is 60.8 Å². The Morgan fingerprint density at radius 2 is 1.81 bits per heavy atom. The van der Waals surface area contributed by atoms with Crippen LogP contribution in [0.5, 0.6) is 0 Å². The van der Waals surface area contributed by atoms with E-state index >= 15 is 0 Å². The van der Waals surface area contributed by atoms with Crippen LogP contribution < -0.4 is 5.32 Å². The van der Waals surface area contributed by atoms with E-state index in [4.69, 9.17) is 4.74 Å². The fourth-order valence-electron chi connectivity index (χ4n) is 3.78. The van der Waals surface area contributed by atoms with Crippen LogP contribution in [-0.4, -0.2) is 30.7 Å². The average Bonchev–Trinajstić information content (AvgIpc) is 3.03. The van der Waals surface area contributed by atoms with Crippen molar-refractivity contribution in [3.8, 4) is 0 Å². The molecule has 2 atom stereocenters. The molecular weight excluding hydrogens is 336 g/mol. The quantitative estimate of drug-likeness (QED) is 0.608. The molecule has 1 heterocycles. The van der Waals surface area contributed by atoms with E-state index in [9.17, 15) is 4.79 Å². The molecule has 0 aliphatic heterocycles. The van der Waals surface area contributed by atoms with Crippen LogP contribution >= 0.6 is 0 Å². The number of hydrogen-bond donors (Lipinski definition) is 1. The number of amides is 1. The van der Waals surface area contributed by atoms with Crippen molar-refractivity contribution >= 4 is 16.8 Å². The molecule has 27 heavy (non-hydrogen) atoms. The molecule has 1 aromatic heterocycles. The summed E-state index contributed by atoms with van der Waals surface area (Å²) in [6, 6.07) is 18.8. The van der Waals surface area contributed by atoms with Gasteiger partial charge in [-0.2, -0.15) is 0 Å². The van der Waals surface area contributed by atoms with Crippen molar-refractivity contribution in [2.24, 2.45) is 7.05 Å². The second-order valence-corrected chi connectivity index (χ2v) is 7.07. The van der Waals surface area contributed by atoms with E-state index in [1.165, 1.54) is 22.0 Å². The number of aromatic nitrogens is 1. The van der Waals surface area contributed by atoms with Crippen LogP contribution in [0, 0.1) is 0 Å². The van der Waals surface area contributed by atoms with Crippen molar-refractivity contribution in [1.82, 2.24) is 9.88 Å². The van der Waals surface area contributed by atoms with E-state index in [1.807, 2.05) is 6.07 Å². The number of carbonyl (C=O) groups excluding carboxylic acids is 1. The minimum absolute atomic E-state index is 0.0627. The lowest BCUT2D eigenvalue weighted by Gasteiger charge is -2.24. The van der Waals surface area contributed by atoms with Crippen LogP contribution in [0.3, 0.4) is 0 Å². The summed E-state index contributed by atoms with van der Waals surface area (Å²) in [6.07, 6.45) is 2.63. The van der Waals surface area contributed by atoms with Gasteiger partial charge in [0.1, 0.15) is 0 Å². The maximum atomic E-state index is 12.6. The lowest BCUT2D eigenvalue weighted by atomic mass is 9.80. The molecule has 3 aromatic rings. The normalized spacial score (nSPS) is 13.4. The van der Waals surface area contributed by atoms with Crippen LogP contribution in [-0.2, 0) is 16.6 Å². The lowest BCUT2D eigenvalue weighted by Crippen LogP contribution is -2.29. The second kappa shape index (κ2) is 8.87. The maximum Gasteiger partial charge on any atom is 0.220 e. The predicted molar refractivity (Wildman–Crippen MR) is 110 cm³/mol. The van der Waals surface area contributed by atoms with E-state index in [1.54, 1.807) is 7.11 Å². The van der Waals surface area contributed by atoms with Crippen LogP contribution in [0.4, 0.5) is 0 Å². The molecule has 3 rings (SSSR count). The van der Waals surface area contributed by atoms with E-state index in [2.05, 4.69) is 78.6 Å².